The summed E-state index contributed by atoms with van der Waals surface area (Å²) in [6, 6.07) is 18.1. The number of benzene rings is 2. The summed E-state index contributed by atoms with van der Waals surface area (Å²) in [6.45, 7) is 4.33. The first-order chi connectivity index (χ1) is 10.8. The van der Waals surface area contributed by atoms with Crippen LogP contribution in [0.25, 0.3) is 11.0 Å². The molecule has 4 nitrogen and oxygen atoms in total. The first-order valence-electron chi connectivity index (χ1n) is 7.71. The Morgan fingerprint density at radius 2 is 1.52 bits per heavy atom. The molecule has 2 aromatic carbocycles. The Labute approximate surface area is 142 Å². The zero-order chi connectivity index (χ0) is 15.4. The highest BCUT2D eigenvalue weighted by atomic mass is 35.5. The highest BCUT2D eigenvalue weighted by molar-refractivity contribution is 5.85. The fourth-order valence-corrected chi connectivity index (χ4v) is 2.77. The lowest BCUT2D eigenvalue weighted by atomic mass is 10.3. The molecule has 1 aromatic heterocycles. The lowest BCUT2D eigenvalue weighted by molar-refractivity contribution is 0.301. The van der Waals surface area contributed by atoms with E-state index in [1.165, 1.54) is 0 Å². The van der Waals surface area contributed by atoms with Crippen LogP contribution in [-0.4, -0.2) is 15.7 Å². The molecule has 0 fully saturated rings. The average Bonchev–Trinajstić information content (AvgIpc) is 2.84. The van der Waals surface area contributed by atoms with Crippen LogP contribution in [0.1, 0.15) is 13.3 Å². The zero-order valence-electron chi connectivity index (χ0n) is 13.2. The van der Waals surface area contributed by atoms with Gasteiger partial charge in [-0.2, -0.15) is 0 Å². The van der Waals surface area contributed by atoms with Crippen molar-refractivity contribution in [3.8, 4) is 5.75 Å². The topological polar surface area (TPSA) is 42.9 Å². The van der Waals surface area contributed by atoms with Crippen LogP contribution in [0.5, 0.6) is 5.75 Å². The SMILES string of the molecule is CCn1c(=N)n(CCCOc2ccccc2)c2ccccc21.Cl. The Morgan fingerprint density at radius 1 is 0.913 bits per heavy atom. The molecule has 0 amide bonds. The molecule has 5 heteroatoms. The number of fused-ring (bicyclic) bond motifs is 1. The van der Waals surface area contributed by atoms with Crippen molar-refractivity contribution in [1.82, 2.24) is 9.13 Å². The minimum atomic E-state index is 0. The van der Waals surface area contributed by atoms with Gasteiger partial charge in [-0.1, -0.05) is 30.3 Å². The molecule has 0 aliphatic rings. The number of imidazole rings is 1. The third-order valence-corrected chi connectivity index (χ3v) is 3.83. The van der Waals surface area contributed by atoms with Crippen molar-refractivity contribution in [2.75, 3.05) is 6.61 Å². The van der Waals surface area contributed by atoms with Crippen molar-refractivity contribution < 1.29 is 4.74 Å². The monoisotopic (exact) mass is 331 g/mol. The molecular weight excluding hydrogens is 310 g/mol. The normalized spacial score (nSPS) is 10.5. The van der Waals surface area contributed by atoms with Gasteiger partial charge in [0.2, 0.25) is 5.62 Å². The van der Waals surface area contributed by atoms with Gasteiger partial charge in [0.1, 0.15) is 5.75 Å². The molecule has 0 aliphatic carbocycles. The Balaban J connectivity index is 0.00000192. The van der Waals surface area contributed by atoms with Gasteiger partial charge in [-0.3, -0.25) is 5.41 Å². The van der Waals surface area contributed by atoms with E-state index >= 15 is 0 Å². The van der Waals surface area contributed by atoms with E-state index in [-0.39, 0.29) is 12.4 Å². The quantitative estimate of drug-likeness (QED) is 0.685. The second kappa shape index (κ2) is 7.88. The number of para-hydroxylation sites is 3. The Morgan fingerprint density at radius 3 is 2.17 bits per heavy atom. The van der Waals surface area contributed by atoms with Gasteiger partial charge in [0, 0.05) is 13.1 Å². The summed E-state index contributed by atoms with van der Waals surface area (Å²) in [5, 5.41) is 8.36. The number of halogens is 1. The lowest BCUT2D eigenvalue weighted by Gasteiger charge is -2.07. The molecule has 0 radical (unpaired) electrons. The molecule has 0 unspecified atom stereocenters. The van der Waals surface area contributed by atoms with E-state index in [4.69, 9.17) is 10.1 Å². The minimum absolute atomic E-state index is 0. The van der Waals surface area contributed by atoms with E-state index in [0.717, 1.165) is 36.3 Å². The van der Waals surface area contributed by atoms with Crippen LogP contribution in [-0.2, 0) is 13.1 Å². The summed E-state index contributed by atoms with van der Waals surface area (Å²) in [6.07, 6.45) is 0.878. The summed E-state index contributed by atoms with van der Waals surface area (Å²) in [7, 11) is 0. The molecule has 3 rings (SSSR count). The number of rotatable bonds is 6. The number of hydrogen-bond acceptors (Lipinski definition) is 2. The van der Waals surface area contributed by atoms with Crippen molar-refractivity contribution in [2.45, 2.75) is 26.4 Å². The molecule has 1 N–H and O–H groups in total. The predicted octanol–water partition coefficient (Wildman–Crippen LogP) is 3.83. The van der Waals surface area contributed by atoms with Crippen molar-refractivity contribution in [2.24, 2.45) is 0 Å². The van der Waals surface area contributed by atoms with E-state index < -0.39 is 0 Å². The fourth-order valence-electron chi connectivity index (χ4n) is 2.77. The average molecular weight is 332 g/mol. The lowest BCUT2D eigenvalue weighted by Crippen LogP contribution is -2.24. The first kappa shape index (κ1) is 17.2. The Kier molecular flexibility index (Phi) is 5.88. The van der Waals surface area contributed by atoms with Gasteiger partial charge in [0.25, 0.3) is 0 Å². The van der Waals surface area contributed by atoms with Gasteiger partial charge < -0.3 is 13.9 Å². The van der Waals surface area contributed by atoms with Crippen LogP contribution in [0.3, 0.4) is 0 Å². The standard InChI is InChI=1S/C18H21N3O.ClH/c1-2-20-16-11-6-7-12-17(16)21(18(20)19)13-8-14-22-15-9-4-3-5-10-15;/h3-7,9-12,19H,2,8,13-14H2,1H3;1H. The third-order valence-electron chi connectivity index (χ3n) is 3.83. The molecule has 0 bridgehead atoms. The number of hydrogen-bond donors (Lipinski definition) is 1. The number of aryl methyl sites for hydroxylation is 2. The third kappa shape index (κ3) is 3.59. The molecule has 0 atom stereocenters. The van der Waals surface area contributed by atoms with E-state index in [0.29, 0.717) is 12.2 Å². The molecule has 0 spiro atoms. The Hall–Kier alpha value is -2.20. The van der Waals surface area contributed by atoms with Gasteiger partial charge in [0.05, 0.1) is 17.6 Å². The molecule has 1 heterocycles. The van der Waals surface area contributed by atoms with Crippen LogP contribution in [0.4, 0.5) is 0 Å². The highest BCUT2D eigenvalue weighted by Crippen LogP contribution is 2.13. The molecule has 0 aliphatic heterocycles. The van der Waals surface area contributed by atoms with E-state index in [1.54, 1.807) is 0 Å². The van der Waals surface area contributed by atoms with Crippen molar-refractivity contribution in [1.29, 1.82) is 5.41 Å². The summed E-state index contributed by atoms with van der Waals surface area (Å²) < 4.78 is 9.83. The van der Waals surface area contributed by atoms with Crippen LogP contribution in [0, 0.1) is 5.41 Å². The van der Waals surface area contributed by atoms with E-state index in [1.807, 2.05) is 47.0 Å². The largest absolute Gasteiger partial charge is 0.494 e. The van der Waals surface area contributed by atoms with Crippen LogP contribution < -0.4 is 10.4 Å². The van der Waals surface area contributed by atoms with E-state index in [2.05, 4.69) is 23.6 Å². The smallest absolute Gasteiger partial charge is 0.202 e. The van der Waals surface area contributed by atoms with E-state index in [9.17, 15) is 0 Å². The number of nitrogens with one attached hydrogen (secondary N) is 1. The van der Waals surface area contributed by atoms with Crippen molar-refractivity contribution in [3.63, 3.8) is 0 Å². The van der Waals surface area contributed by atoms with Crippen LogP contribution >= 0.6 is 12.4 Å². The predicted molar refractivity (Wildman–Crippen MR) is 95.3 cm³/mol. The van der Waals surface area contributed by atoms with Gasteiger partial charge in [-0.05, 0) is 37.6 Å². The maximum absolute atomic E-state index is 8.36. The number of aromatic nitrogens is 2. The molecule has 0 saturated carbocycles. The van der Waals surface area contributed by atoms with Crippen LogP contribution in [0.2, 0.25) is 0 Å². The van der Waals surface area contributed by atoms with Crippen molar-refractivity contribution in [3.05, 3.63) is 60.2 Å². The molecule has 122 valence electrons. The molecule has 0 saturated heterocycles. The van der Waals surface area contributed by atoms with Gasteiger partial charge in [0.15, 0.2) is 0 Å². The van der Waals surface area contributed by atoms with Gasteiger partial charge in [-0.15, -0.1) is 12.4 Å². The minimum Gasteiger partial charge on any atom is -0.494 e. The number of ether oxygens (including phenoxy) is 1. The maximum Gasteiger partial charge on any atom is 0.202 e. The highest BCUT2D eigenvalue weighted by Gasteiger charge is 2.08. The van der Waals surface area contributed by atoms with Crippen molar-refractivity contribution >= 4 is 23.4 Å². The van der Waals surface area contributed by atoms with Gasteiger partial charge >= 0.3 is 0 Å². The fraction of sp³-hybridized carbons (Fsp3) is 0.278. The van der Waals surface area contributed by atoms with Crippen LogP contribution in [0.15, 0.2) is 54.6 Å². The summed E-state index contributed by atoms with van der Waals surface area (Å²) in [5.41, 5.74) is 2.80. The molecule has 23 heavy (non-hydrogen) atoms. The molecule has 3 aromatic rings. The Bertz CT molecular complexity index is 808. The van der Waals surface area contributed by atoms with Gasteiger partial charge in [-0.25, -0.2) is 0 Å². The molecular formula is C18H22ClN3O. The summed E-state index contributed by atoms with van der Waals surface area (Å²) >= 11 is 0. The zero-order valence-corrected chi connectivity index (χ0v) is 14.1. The second-order valence-corrected chi connectivity index (χ2v) is 5.22. The summed E-state index contributed by atoms with van der Waals surface area (Å²) in [5.74, 6) is 0.898. The first-order valence-corrected chi connectivity index (χ1v) is 7.71. The second-order valence-electron chi connectivity index (χ2n) is 5.22. The maximum atomic E-state index is 8.36. The summed E-state index contributed by atoms with van der Waals surface area (Å²) in [4.78, 5) is 0. The number of nitrogens with zero attached hydrogens (tertiary/aromatic N) is 2.